The molecular weight excluding hydrogens is 402 g/mol. The minimum Gasteiger partial charge on any atom is -0.492 e. The normalized spacial score (nSPS) is 11.9. The first kappa shape index (κ1) is 26.7. The number of hydrogen-bond donors (Lipinski definition) is 1. The Bertz CT molecular complexity index is 631. The molecule has 1 aromatic carbocycles. The Kier molecular flexibility index (Phi) is 13.3. The smallest absolute Gasteiger partial charge is 0.409 e. The molecule has 1 unspecified atom stereocenters. The van der Waals surface area contributed by atoms with Crippen molar-refractivity contribution in [2.24, 2.45) is 5.92 Å². The van der Waals surface area contributed by atoms with Crippen molar-refractivity contribution in [3.8, 4) is 5.75 Å². The van der Waals surface area contributed by atoms with E-state index >= 15 is 0 Å². The van der Waals surface area contributed by atoms with Crippen molar-refractivity contribution in [3.05, 3.63) is 29.8 Å². The fourth-order valence-electron chi connectivity index (χ4n) is 3.05. The molecule has 176 valence electrons. The summed E-state index contributed by atoms with van der Waals surface area (Å²) in [4.78, 5) is 25.3. The van der Waals surface area contributed by atoms with Gasteiger partial charge in [0.1, 0.15) is 19.0 Å². The van der Waals surface area contributed by atoms with Gasteiger partial charge in [-0.1, -0.05) is 38.8 Å². The number of rotatable bonds is 16. The maximum atomic E-state index is 12.4. The van der Waals surface area contributed by atoms with E-state index in [0.717, 1.165) is 18.4 Å². The van der Waals surface area contributed by atoms with E-state index in [1.807, 2.05) is 12.1 Å². The molecule has 0 aliphatic rings. The van der Waals surface area contributed by atoms with Gasteiger partial charge in [-0.3, -0.25) is 0 Å². The molecule has 0 fully saturated rings. The summed E-state index contributed by atoms with van der Waals surface area (Å²) in [5.74, 6) is 0.0844. The third kappa shape index (κ3) is 10.5. The monoisotopic (exact) mass is 439 g/mol. The highest BCUT2D eigenvalue weighted by molar-refractivity contribution is 5.72. The lowest BCUT2D eigenvalue weighted by molar-refractivity contribution is -0.149. The highest BCUT2D eigenvalue weighted by Gasteiger charge is 2.19. The summed E-state index contributed by atoms with van der Waals surface area (Å²) in [6, 6.07) is 7.24. The standard InChI is InChI=1S/C23H37NO7/c1-5-18(6-2)17-24(23(27)31-15-14-28-4)12-13-30-20-10-8-19(9-11-20)16-21(22(25)26)29-7-3/h8-11,18,21H,5-7,12-17H2,1-4H3,(H,25,26). The first-order chi connectivity index (χ1) is 14.9. The fraction of sp³-hybridized carbons (Fsp3) is 0.652. The molecule has 1 atom stereocenters. The van der Waals surface area contributed by atoms with E-state index in [9.17, 15) is 14.7 Å². The van der Waals surface area contributed by atoms with Gasteiger partial charge in [0.05, 0.1) is 13.2 Å². The van der Waals surface area contributed by atoms with Crippen molar-refractivity contribution in [2.45, 2.75) is 46.1 Å². The molecule has 8 nitrogen and oxygen atoms in total. The van der Waals surface area contributed by atoms with Gasteiger partial charge in [0, 0.05) is 26.7 Å². The molecular formula is C23H37NO7. The van der Waals surface area contributed by atoms with Crippen LogP contribution >= 0.6 is 0 Å². The van der Waals surface area contributed by atoms with Crippen molar-refractivity contribution < 1.29 is 33.6 Å². The van der Waals surface area contributed by atoms with Gasteiger partial charge >= 0.3 is 12.1 Å². The van der Waals surface area contributed by atoms with Crippen LogP contribution in [-0.2, 0) is 25.4 Å². The van der Waals surface area contributed by atoms with Gasteiger partial charge in [-0.25, -0.2) is 9.59 Å². The van der Waals surface area contributed by atoms with Crippen LogP contribution < -0.4 is 4.74 Å². The van der Waals surface area contributed by atoms with E-state index in [1.54, 1.807) is 31.1 Å². The molecule has 1 aromatic rings. The van der Waals surface area contributed by atoms with Crippen molar-refractivity contribution in [1.29, 1.82) is 0 Å². The third-order valence-corrected chi connectivity index (χ3v) is 5.02. The minimum atomic E-state index is -0.975. The molecule has 0 saturated carbocycles. The van der Waals surface area contributed by atoms with Gasteiger partial charge < -0.3 is 29.0 Å². The number of nitrogens with zero attached hydrogens (tertiary/aromatic N) is 1. The Morgan fingerprint density at radius 3 is 2.26 bits per heavy atom. The van der Waals surface area contributed by atoms with Crippen molar-refractivity contribution in [3.63, 3.8) is 0 Å². The lowest BCUT2D eigenvalue weighted by Gasteiger charge is -2.26. The van der Waals surface area contributed by atoms with E-state index in [2.05, 4.69) is 13.8 Å². The maximum absolute atomic E-state index is 12.4. The molecule has 0 radical (unpaired) electrons. The molecule has 1 rings (SSSR count). The average molecular weight is 440 g/mol. The first-order valence-corrected chi connectivity index (χ1v) is 10.9. The van der Waals surface area contributed by atoms with Crippen LogP contribution in [0.25, 0.3) is 0 Å². The number of carbonyl (C=O) groups is 2. The minimum absolute atomic E-state index is 0.218. The molecule has 0 bridgehead atoms. The topological polar surface area (TPSA) is 94.5 Å². The summed E-state index contributed by atoms with van der Waals surface area (Å²) < 4.78 is 21.3. The number of methoxy groups -OCH3 is 1. The van der Waals surface area contributed by atoms with Gasteiger partial charge in [0.25, 0.3) is 0 Å². The summed E-state index contributed by atoms with van der Waals surface area (Å²) in [5, 5.41) is 9.20. The van der Waals surface area contributed by atoms with Crippen LogP contribution in [0, 0.1) is 5.92 Å². The lowest BCUT2D eigenvalue weighted by atomic mass is 10.0. The summed E-state index contributed by atoms with van der Waals surface area (Å²) in [6.07, 6.45) is 1.04. The first-order valence-electron chi connectivity index (χ1n) is 10.9. The van der Waals surface area contributed by atoms with Gasteiger partial charge in [0.15, 0.2) is 6.10 Å². The van der Waals surface area contributed by atoms with Crippen LogP contribution in [0.2, 0.25) is 0 Å². The van der Waals surface area contributed by atoms with E-state index in [4.69, 9.17) is 18.9 Å². The summed E-state index contributed by atoms with van der Waals surface area (Å²) in [6.45, 7) is 8.28. The number of aliphatic carboxylic acids is 1. The number of amides is 1. The van der Waals surface area contributed by atoms with E-state index in [1.165, 1.54) is 0 Å². The van der Waals surface area contributed by atoms with Crippen LogP contribution in [0.5, 0.6) is 5.75 Å². The number of carboxylic acid groups (broad SMARTS) is 1. The van der Waals surface area contributed by atoms with Crippen LogP contribution in [0.1, 0.15) is 39.2 Å². The van der Waals surface area contributed by atoms with Gasteiger partial charge in [-0.2, -0.15) is 0 Å². The predicted octanol–water partition coefficient (Wildman–Crippen LogP) is 3.62. The second-order valence-corrected chi connectivity index (χ2v) is 7.21. The van der Waals surface area contributed by atoms with E-state index in [-0.39, 0.29) is 12.7 Å². The SMILES string of the molecule is CCOC(Cc1ccc(OCCN(CC(CC)CC)C(=O)OCCOC)cc1)C(=O)O. The fourth-order valence-corrected chi connectivity index (χ4v) is 3.05. The summed E-state index contributed by atoms with van der Waals surface area (Å²) in [7, 11) is 1.56. The Labute approximate surface area is 185 Å². The third-order valence-electron chi connectivity index (χ3n) is 5.02. The molecule has 1 N–H and O–H groups in total. The quantitative estimate of drug-likeness (QED) is 0.393. The second kappa shape index (κ2) is 15.5. The highest BCUT2D eigenvalue weighted by Crippen LogP contribution is 2.15. The van der Waals surface area contributed by atoms with Crippen molar-refractivity contribution in [1.82, 2.24) is 4.90 Å². The van der Waals surface area contributed by atoms with Crippen LogP contribution in [0.15, 0.2) is 24.3 Å². The Morgan fingerprint density at radius 1 is 1.03 bits per heavy atom. The van der Waals surface area contributed by atoms with Crippen LogP contribution in [0.3, 0.4) is 0 Å². The van der Waals surface area contributed by atoms with Crippen LogP contribution in [-0.4, -0.2) is 74.8 Å². The molecule has 0 aliphatic heterocycles. The largest absolute Gasteiger partial charge is 0.492 e. The zero-order valence-electron chi connectivity index (χ0n) is 19.2. The summed E-state index contributed by atoms with van der Waals surface area (Å²) in [5.41, 5.74) is 0.852. The molecule has 8 heteroatoms. The highest BCUT2D eigenvalue weighted by atomic mass is 16.6. The van der Waals surface area contributed by atoms with Gasteiger partial charge in [0.2, 0.25) is 0 Å². The van der Waals surface area contributed by atoms with Crippen molar-refractivity contribution in [2.75, 3.05) is 46.6 Å². The lowest BCUT2D eigenvalue weighted by Crippen LogP contribution is -2.39. The van der Waals surface area contributed by atoms with E-state index < -0.39 is 12.1 Å². The van der Waals surface area contributed by atoms with Gasteiger partial charge in [-0.15, -0.1) is 0 Å². The number of carboxylic acids is 1. The Hall–Kier alpha value is -2.32. The maximum Gasteiger partial charge on any atom is 0.409 e. The van der Waals surface area contributed by atoms with E-state index in [0.29, 0.717) is 51.0 Å². The number of ether oxygens (including phenoxy) is 4. The molecule has 0 heterocycles. The second-order valence-electron chi connectivity index (χ2n) is 7.21. The number of hydrogen-bond acceptors (Lipinski definition) is 6. The molecule has 31 heavy (non-hydrogen) atoms. The molecule has 0 saturated heterocycles. The zero-order chi connectivity index (χ0) is 23.1. The Morgan fingerprint density at radius 2 is 1.71 bits per heavy atom. The molecule has 0 aromatic heterocycles. The molecule has 1 amide bonds. The number of carbonyl (C=O) groups excluding carboxylic acids is 1. The molecule has 0 spiro atoms. The zero-order valence-corrected chi connectivity index (χ0v) is 19.2. The molecule has 0 aliphatic carbocycles. The predicted molar refractivity (Wildman–Crippen MR) is 118 cm³/mol. The van der Waals surface area contributed by atoms with Gasteiger partial charge in [-0.05, 0) is 30.5 Å². The summed E-state index contributed by atoms with van der Waals surface area (Å²) >= 11 is 0. The average Bonchev–Trinajstić information content (AvgIpc) is 2.76. The number of benzene rings is 1. The Balaban J connectivity index is 2.60. The van der Waals surface area contributed by atoms with Crippen molar-refractivity contribution >= 4 is 12.1 Å². The van der Waals surface area contributed by atoms with Crippen LogP contribution in [0.4, 0.5) is 4.79 Å².